The van der Waals surface area contributed by atoms with Crippen molar-refractivity contribution >= 4 is 21.4 Å². The second kappa shape index (κ2) is 4.16. The minimum absolute atomic E-state index is 0.0192. The van der Waals surface area contributed by atoms with Crippen LogP contribution in [0.5, 0.6) is 0 Å². The minimum atomic E-state index is -3.08. The zero-order valence-electron chi connectivity index (χ0n) is 5.80. The van der Waals surface area contributed by atoms with Gasteiger partial charge >= 0.3 is 0 Å². The van der Waals surface area contributed by atoms with E-state index in [-0.39, 0.29) is 18.2 Å². The maximum absolute atomic E-state index is 11.0. The first-order chi connectivity index (χ1) is 4.54. The number of sulfone groups is 1. The van der Waals surface area contributed by atoms with E-state index >= 15 is 0 Å². The molecule has 0 rings (SSSR count). The third-order valence-corrected chi connectivity index (χ3v) is 3.84. The molecule has 0 fully saturated rings. The second-order valence-electron chi connectivity index (χ2n) is 2.07. The summed E-state index contributed by atoms with van der Waals surface area (Å²) in [5, 5.41) is -0.578. The van der Waals surface area contributed by atoms with Gasteiger partial charge in [-0.05, 0) is 6.92 Å². The van der Waals surface area contributed by atoms with E-state index in [1.165, 1.54) is 6.92 Å². The summed E-state index contributed by atoms with van der Waals surface area (Å²) in [4.78, 5) is 0. The van der Waals surface area contributed by atoms with Gasteiger partial charge in [-0.15, -0.1) is 11.6 Å². The number of hydrogen-bond donors (Lipinski definition) is 0. The van der Waals surface area contributed by atoms with E-state index in [4.69, 9.17) is 17.3 Å². The Kier molecular flexibility index (Phi) is 4.24. The zero-order valence-corrected chi connectivity index (χ0v) is 7.37. The van der Waals surface area contributed by atoms with E-state index in [1.807, 2.05) is 0 Å². The summed E-state index contributed by atoms with van der Waals surface area (Å²) < 4.78 is 21.9. The average molecular weight is 185 g/mol. The summed E-state index contributed by atoms with van der Waals surface area (Å²) in [6.07, 6.45) is 0. The second-order valence-corrected chi connectivity index (χ2v) is 4.99. The summed E-state index contributed by atoms with van der Waals surface area (Å²) in [5.74, 6) is 0.0985. The van der Waals surface area contributed by atoms with Gasteiger partial charge in [0.1, 0.15) is 0 Å². The molecule has 0 aliphatic heterocycles. The van der Waals surface area contributed by atoms with Crippen molar-refractivity contribution in [3.05, 3.63) is 0 Å². The highest BCUT2D eigenvalue weighted by atomic mass is 35.5. The van der Waals surface area contributed by atoms with Crippen LogP contribution in [0.25, 0.3) is 0 Å². The summed E-state index contributed by atoms with van der Waals surface area (Å²) in [6.45, 7) is 1.44. The standard InChI is InChI=1S/C5H11ClNO2S/c1-5(4-7)10(8,9)3-2-6/h5,7H,2-4H2,1H3. The molecular formula is C5H11ClNO2S. The Bertz CT molecular complexity index is 178. The fraction of sp³-hybridized carbons (Fsp3) is 1.00. The van der Waals surface area contributed by atoms with E-state index in [0.29, 0.717) is 0 Å². The Hall–Kier alpha value is 0.200. The molecule has 3 nitrogen and oxygen atoms in total. The monoisotopic (exact) mass is 184 g/mol. The molecule has 0 aromatic carbocycles. The van der Waals surface area contributed by atoms with Crippen LogP contribution >= 0.6 is 11.6 Å². The van der Waals surface area contributed by atoms with Crippen LogP contribution in [-0.2, 0) is 9.84 Å². The lowest BCUT2D eigenvalue weighted by molar-refractivity contribution is 0.585. The maximum Gasteiger partial charge on any atom is 0.155 e. The van der Waals surface area contributed by atoms with Gasteiger partial charge in [-0.3, -0.25) is 5.73 Å². The average Bonchev–Trinajstić information content (AvgIpc) is 1.86. The number of hydrogen-bond acceptors (Lipinski definition) is 2. The molecule has 5 heteroatoms. The molecule has 0 heterocycles. The van der Waals surface area contributed by atoms with Crippen molar-refractivity contribution in [3.63, 3.8) is 0 Å². The van der Waals surface area contributed by atoms with Crippen molar-refractivity contribution in [2.45, 2.75) is 12.2 Å². The van der Waals surface area contributed by atoms with E-state index in [2.05, 4.69) is 0 Å². The van der Waals surface area contributed by atoms with E-state index in [0.717, 1.165) is 0 Å². The lowest BCUT2D eigenvalue weighted by Crippen LogP contribution is -2.25. The van der Waals surface area contributed by atoms with Gasteiger partial charge in [0, 0.05) is 12.4 Å². The molecule has 1 atom stereocenters. The predicted molar refractivity (Wildman–Crippen MR) is 41.9 cm³/mol. The van der Waals surface area contributed by atoms with Crippen LogP contribution in [0.4, 0.5) is 0 Å². The predicted octanol–water partition coefficient (Wildman–Crippen LogP) is 0.311. The molecule has 1 radical (unpaired) electrons. The summed E-state index contributed by atoms with van der Waals surface area (Å²) in [7, 11) is -3.08. The molecule has 0 aliphatic rings. The summed E-state index contributed by atoms with van der Waals surface area (Å²) in [5.41, 5.74) is 6.82. The Labute approximate surface area is 66.5 Å². The number of rotatable bonds is 4. The molecule has 0 saturated heterocycles. The number of alkyl halides is 1. The molecule has 0 aromatic rings. The largest absolute Gasteiger partial charge is 0.257 e. The molecule has 10 heavy (non-hydrogen) atoms. The highest BCUT2D eigenvalue weighted by molar-refractivity contribution is 7.92. The summed E-state index contributed by atoms with van der Waals surface area (Å²) >= 11 is 5.25. The van der Waals surface area contributed by atoms with Crippen LogP contribution in [-0.4, -0.2) is 31.8 Å². The third-order valence-electron chi connectivity index (χ3n) is 1.26. The van der Waals surface area contributed by atoms with Crippen LogP contribution in [0.3, 0.4) is 0 Å². The van der Waals surface area contributed by atoms with Gasteiger partial charge in [-0.25, -0.2) is 8.42 Å². The highest BCUT2D eigenvalue weighted by Gasteiger charge is 2.17. The fourth-order valence-corrected chi connectivity index (χ4v) is 1.95. The zero-order chi connectivity index (χ0) is 8.20. The Balaban J connectivity index is 4.12. The molecule has 0 amide bonds. The van der Waals surface area contributed by atoms with Crippen molar-refractivity contribution < 1.29 is 8.42 Å². The van der Waals surface area contributed by atoms with Gasteiger partial charge in [-0.2, -0.15) is 0 Å². The van der Waals surface area contributed by atoms with Gasteiger partial charge in [0.25, 0.3) is 0 Å². The normalized spacial score (nSPS) is 15.1. The van der Waals surface area contributed by atoms with Gasteiger partial charge < -0.3 is 0 Å². The molecule has 0 aromatic heterocycles. The third kappa shape index (κ3) is 2.86. The molecule has 0 aliphatic carbocycles. The van der Waals surface area contributed by atoms with Crippen LogP contribution < -0.4 is 5.73 Å². The molecule has 61 valence electrons. The van der Waals surface area contributed by atoms with Gasteiger partial charge in [0.15, 0.2) is 9.84 Å². The van der Waals surface area contributed by atoms with Crippen LogP contribution in [0.15, 0.2) is 0 Å². The smallest absolute Gasteiger partial charge is 0.155 e. The first-order valence-corrected chi connectivity index (χ1v) is 5.21. The topological polar surface area (TPSA) is 57.9 Å². The Morgan fingerprint density at radius 3 is 2.40 bits per heavy atom. The fourth-order valence-electron chi connectivity index (χ4n) is 0.436. The quantitative estimate of drug-likeness (QED) is 0.591. The van der Waals surface area contributed by atoms with Crippen molar-refractivity contribution in [3.8, 4) is 0 Å². The first-order valence-electron chi connectivity index (χ1n) is 2.96. The molecule has 1 unspecified atom stereocenters. The molecule has 0 saturated carbocycles. The van der Waals surface area contributed by atoms with E-state index < -0.39 is 15.1 Å². The molecule has 0 spiro atoms. The Morgan fingerprint density at radius 2 is 2.10 bits per heavy atom. The molecule has 0 bridgehead atoms. The molecular weight excluding hydrogens is 174 g/mol. The minimum Gasteiger partial charge on any atom is -0.257 e. The summed E-state index contributed by atoms with van der Waals surface area (Å²) in [6, 6.07) is 0. The number of halogens is 1. The highest BCUT2D eigenvalue weighted by Crippen LogP contribution is 2.00. The van der Waals surface area contributed by atoms with Crippen LogP contribution in [0.2, 0.25) is 0 Å². The molecule has 1 N–H and O–H groups in total. The maximum atomic E-state index is 11.0. The van der Waals surface area contributed by atoms with Crippen molar-refractivity contribution in [1.29, 1.82) is 0 Å². The van der Waals surface area contributed by atoms with Crippen LogP contribution in [0, 0.1) is 0 Å². The van der Waals surface area contributed by atoms with Gasteiger partial charge in [-0.1, -0.05) is 0 Å². The lowest BCUT2D eigenvalue weighted by Gasteiger charge is -2.06. The van der Waals surface area contributed by atoms with Gasteiger partial charge in [0.2, 0.25) is 0 Å². The SMILES string of the molecule is CC(C[NH])S(=O)(=O)CCCl. The number of nitrogens with one attached hydrogen (secondary N) is 1. The van der Waals surface area contributed by atoms with Gasteiger partial charge in [0.05, 0.1) is 11.0 Å². The lowest BCUT2D eigenvalue weighted by atomic mass is 10.5. The van der Waals surface area contributed by atoms with E-state index in [9.17, 15) is 8.42 Å². The van der Waals surface area contributed by atoms with Crippen molar-refractivity contribution in [2.24, 2.45) is 0 Å². The van der Waals surface area contributed by atoms with E-state index in [1.54, 1.807) is 0 Å². The first kappa shape index (κ1) is 10.2. The Morgan fingerprint density at radius 1 is 1.60 bits per heavy atom. The van der Waals surface area contributed by atoms with Crippen LogP contribution in [0.1, 0.15) is 6.92 Å². The van der Waals surface area contributed by atoms with Crippen molar-refractivity contribution in [1.82, 2.24) is 5.73 Å². The van der Waals surface area contributed by atoms with Crippen molar-refractivity contribution in [2.75, 3.05) is 18.2 Å².